The standard InChI is InChI=1S/C22H26BrN3O4/c1-16(2)29-12-6-11-24-21(27)22(28)26-25-14-18-13-19(23)9-10-20(18)30-15-17-7-4-3-5-8-17/h3-5,7-10,13-14,16H,6,11-12,15H2,1-2H3,(H,24,27)(H,26,28)/b25-14-. The molecule has 0 bridgehead atoms. The monoisotopic (exact) mass is 475 g/mol. The molecular formula is C22H26BrN3O4. The van der Waals surface area contributed by atoms with Crippen LogP contribution in [0, 0.1) is 0 Å². The molecule has 0 spiro atoms. The predicted octanol–water partition coefficient (Wildman–Crippen LogP) is 3.41. The van der Waals surface area contributed by atoms with Gasteiger partial charge in [0.05, 0.1) is 12.3 Å². The van der Waals surface area contributed by atoms with E-state index in [0.717, 1.165) is 10.0 Å². The van der Waals surface area contributed by atoms with Crippen LogP contribution in [0.3, 0.4) is 0 Å². The van der Waals surface area contributed by atoms with E-state index in [1.54, 1.807) is 0 Å². The predicted molar refractivity (Wildman–Crippen MR) is 119 cm³/mol. The van der Waals surface area contributed by atoms with E-state index in [1.807, 2.05) is 62.4 Å². The van der Waals surface area contributed by atoms with Crippen LogP contribution in [-0.2, 0) is 20.9 Å². The lowest BCUT2D eigenvalue weighted by Gasteiger charge is -2.10. The van der Waals surface area contributed by atoms with E-state index in [9.17, 15) is 9.59 Å². The zero-order chi connectivity index (χ0) is 21.8. The minimum Gasteiger partial charge on any atom is -0.488 e. The van der Waals surface area contributed by atoms with Crippen LogP contribution in [0.1, 0.15) is 31.4 Å². The van der Waals surface area contributed by atoms with E-state index in [4.69, 9.17) is 9.47 Å². The zero-order valence-electron chi connectivity index (χ0n) is 17.1. The van der Waals surface area contributed by atoms with Gasteiger partial charge in [-0.05, 0) is 44.0 Å². The molecule has 0 aliphatic heterocycles. The van der Waals surface area contributed by atoms with E-state index in [1.165, 1.54) is 6.21 Å². The number of halogens is 1. The Bertz CT molecular complexity index is 857. The largest absolute Gasteiger partial charge is 0.488 e. The Balaban J connectivity index is 1.85. The second-order valence-corrected chi connectivity index (χ2v) is 7.60. The van der Waals surface area contributed by atoms with Gasteiger partial charge in [-0.2, -0.15) is 5.10 Å². The van der Waals surface area contributed by atoms with Crippen molar-refractivity contribution in [2.75, 3.05) is 13.2 Å². The van der Waals surface area contributed by atoms with Crippen molar-refractivity contribution in [3.8, 4) is 5.75 Å². The minimum absolute atomic E-state index is 0.137. The third kappa shape index (κ3) is 8.75. The molecule has 160 valence electrons. The van der Waals surface area contributed by atoms with Crippen molar-refractivity contribution in [3.05, 3.63) is 64.1 Å². The lowest BCUT2D eigenvalue weighted by atomic mass is 10.2. The maximum Gasteiger partial charge on any atom is 0.329 e. The number of nitrogens with one attached hydrogen (secondary N) is 2. The highest BCUT2D eigenvalue weighted by Gasteiger charge is 2.11. The number of amides is 2. The fourth-order valence-corrected chi connectivity index (χ4v) is 2.75. The summed E-state index contributed by atoms with van der Waals surface area (Å²) in [6, 6.07) is 15.3. The fourth-order valence-electron chi connectivity index (χ4n) is 2.37. The van der Waals surface area contributed by atoms with Crippen LogP contribution in [-0.4, -0.2) is 37.3 Å². The van der Waals surface area contributed by atoms with Gasteiger partial charge in [-0.25, -0.2) is 5.43 Å². The Hall–Kier alpha value is -2.71. The van der Waals surface area contributed by atoms with Gasteiger partial charge in [-0.15, -0.1) is 0 Å². The molecule has 0 aliphatic carbocycles. The number of ether oxygens (including phenoxy) is 2. The van der Waals surface area contributed by atoms with Gasteiger partial charge in [-0.1, -0.05) is 46.3 Å². The van der Waals surface area contributed by atoms with Crippen LogP contribution in [0.25, 0.3) is 0 Å². The molecule has 30 heavy (non-hydrogen) atoms. The van der Waals surface area contributed by atoms with Crippen molar-refractivity contribution in [2.45, 2.75) is 33.0 Å². The van der Waals surface area contributed by atoms with E-state index >= 15 is 0 Å². The van der Waals surface area contributed by atoms with Gasteiger partial charge in [0.15, 0.2) is 0 Å². The van der Waals surface area contributed by atoms with Gasteiger partial charge in [0.2, 0.25) is 0 Å². The highest BCUT2D eigenvalue weighted by molar-refractivity contribution is 9.10. The number of nitrogens with zero attached hydrogens (tertiary/aromatic N) is 1. The topological polar surface area (TPSA) is 89.0 Å². The molecule has 7 nitrogen and oxygen atoms in total. The third-order valence-electron chi connectivity index (χ3n) is 3.84. The molecule has 0 radical (unpaired) electrons. The number of carbonyl (C=O) groups excluding carboxylic acids is 2. The quantitative estimate of drug-likeness (QED) is 0.238. The van der Waals surface area contributed by atoms with Crippen molar-refractivity contribution < 1.29 is 19.1 Å². The first-order valence-corrected chi connectivity index (χ1v) is 10.4. The first-order chi connectivity index (χ1) is 14.5. The highest BCUT2D eigenvalue weighted by atomic mass is 79.9. The summed E-state index contributed by atoms with van der Waals surface area (Å²) in [6.07, 6.45) is 2.20. The summed E-state index contributed by atoms with van der Waals surface area (Å²) >= 11 is 3.41. The Morgan fingerprint density at radius 1 is 1.13 bits per heavy atom. The number of rotatable bonds is 10. The average molecular weight is 476 g/mol. The summed E-state index contributed by atoms with van der Waals surface area (Å²) in [5, 5.41) is 6.40. The summed E-state index contributed by atoms with van der Waals surface area (Å²) in [5.74, 6) is -0.973. The zero-order valence-corrected chi connectivity index (χ0v) is 18.6. The van der Waals surface area contributed by atoms with Crippen LogP contribution in [0.4, 0.5) is 0 Å². The van der Waals surface area contributed by atoms with Crippen molar-refractivity contribution in [1.82, 2.24) is 10.7 Å². The normalized spacial score (nSPS) is 10.9. The first kappa shape index (κ1) is 23.6. The number of hydrogen-bond donors (Lipinski definition) is 2. The van der Waals surface area contributed by atoms with Crippen LogP contribution in [0.2, 0.25) is 0 Å². The van der Waals surface area contributed by atoms with Gasteiger partial charge >= 0.3 is 11.8 Å². The summed E-state index contributed by atoms with van der Waals surface area (Å²) in [5.41, 5.74) is 3.92. The molecule has 0 heterocycles. The van der Waals surface area contributed by atoms with Crippen molar-refractivity contribution in [3.63, 3.8) is 0 Å². The third-order valence-corrected chi connectivity index (χ3v) is 4.34. The molecule has 2 rings (SSSR count). The van der Waals surface area contributed by atoms with Gasteiger partial charge < -0.3 is 14.8 Å². The molecule has 0 aliphatic rings. The molecular weight excluding hydrogens is 450 g/mol. The van der Waals surface area contributed by atoms with Gasteiger partial charge in [0.1, 0.15) is 12.4 Å². The van der Waals surface area contributed by atoms with Gasteiger partial charge in [-0.3, -0.25) is 9.59 Å². The number of benzene rings is 2. The van der Waals surface area contributed by atoms with Crippen molar-refractivity contribution in [1.29, 1.82) is 0 Å². The molecule has 0 fully saturated rings. The van der Waals surface area contributed by atoms with E-state index < -0.39 is 11.8 Å². The number of hydrogen-bond acceptors (Lipinski definition) is 5. The molecule has 2 aromatic rings. The Kier molecular flexibility index (Phi) is 10.0. The molecule has 2 N–H and O–H groups in total. The van der Waals surface area contributed by atoms with Crippen molar-refractivity contribution in [2.24, 2.45) is 5.10 Å². The molecule has 8 heteroatoms. The van der Waals surface area contributed by atoms with Crippen LogP contribution in [0.15, 0.2) is 58.1 Å². The number of hydrazone groups is 1. The summed E-state index contributed by atoms with van der Waals surface area (Å²) < 4.78 is 12.1. The summed E-state index contributed by atoms with van der Waals surface area (Å²) in [4.78, 5) is 23.7. The second-order valence-electron chi connectivity index (χ2n) is 6.68. The molecule has 2 amide bonds. The first-order valence-electron chi connectivity index (χ1n) is 9.65. The smallest absolute Gasteiger partial charge is 0.329 e. The second kappa shape index (κ2) is 12.8. The lowest BCUT2D eigenvalue weighted by Crippen LogP contribution is -2.38. The Morgan fingerprint density at radius 3 is 2.63 bits per heavy atom. The van der Waals surface area contributed by atoms with E-state index in [0.29, 0.717) is 37.5 Å². The Labute approximate surface area is 185 Å². The van der Waals surface area contributed by atoms with Gasteiger partial charge in [0.25, 0.3) is 0 Å². The molecule has 0 unspecified atom stereocenters. The van der Waals surface area contributed by atoms with Crippen LogP contribution >= 0.6 is 15.9 Å². The minimum atomic E-state index is -0.835. The lowest BCUT2D eigenvalue weighted by molar-refractivity contribution is -0.139. The molecule has 0 aromatic heterocycles. The summed E-state index contributed by atoms with van der Waals surface area (Å²) in [6.45, 7) is 5.15. The summed E-state index contributed by atoms with van der Waals surface area (Å²) in [7, 11) is 0. The van der Waals surface area contributed by atoms with Crippen LogP contribution in [0.5, 0.6) is 5.75 Å². The van der Waals surface area contributed by atoms with E-state index in [-0.39, 0.29) is 6.10 Å². The maximum atomic E-state index is 11.9. The number of carbonyl (C=O) groups is 2. The Morgan fingerprint density at radius 2 is 1.90 bits per heavy atom. The fraction of sp³-hybridized carbons (Fsp3) is 0.318. The molecule has 0 saturated heterocycles. The van der Waals surface area contributed by atoms with Gasteiger partial charge in [0, 0.05) is 23.2 Å². The van der Waals surface area contributed by atoms with Crippen LogP contribution < -0.4 is 15.5 Å². The molecule has 0 atom stereocenters. The molecule has 2 aromatic carbocycles. The van der Waals surface area contributed by atoms with E-state index in [2.05, 4.69) is 31.8 Å². The highest BCUT2D eigenvalue weighted by Crippen LogP contribution is 2.22. The average Bonchev–Trinajstić information content (AvgIpc) is 2.73. The SMILES string of the molecule is CC(C)OCCCNC(=O)C(=O)N/N=C\c1cc(Br)ccc1OCc1ccccc1. The van der Waals surface area contributed by atoms with Crippen molar-refractivity contribution >= 4 is 34.0 Å². The maximum absolute atomic E-state index is 11.9. The molecule has 0 saturated carbocycles.